The van der Waals surface area contributed by atoms with Gasteiger partial charge in [-0.05, 0) is 44.8 Å². The van der Waals surface area contributed by atoms with E-state index in [0.717, 1.165) is 10.5 Å². The fraction of sp³-hybridized carbons (Fsp3) is 0.238. The van der Waals surface area contributed by atoms with Gasteiger partial charge >= 0.3 is 12.1 Å². The molecule has 0 fully saturated rings. The van der Waals surface area contributed by atoms with Gasteiger partial charge in [-0.15, -0.1) is 0 Å². The predicted molar refractivity (Wildman–Crippen MR) is 111 cm³/mol. The fourth-order valence-electron chi connectivity index (χ4n) is 2.91. The molecule has 0 spiro atoms. The molecule has 176 valence electrons. The number of hydroxylamine groups is 2. The van der Waals surface area contributed by atoms with Crippen LogP contribution in [0, 0.1) is 5.82 Å². The molecule has 0 aromatic heterocycles. The lowest BCUT2D eigenvalue weighted by atomic mass is 10.1. The van der Waals surface area contributed by atoms with E-state index in [-0.39, 0.29) is 24.2 Å². The average molecular weight is 532 g/mol. The number of alkyl halides is 3. The highest BCUT2D eigenvalue weighted by atomic mass is 79.9. The number of amides is 1. The van der Waals surface area contributed by atoms with Crippen LogP contribution in [0.15, 0.2) is 58.9 Å². The van der Waals surface area contributed by atoms with Crippen molar-refractivity contribution in [1.29, 1.82) is 0 Å². The van der Waals surface area contributed by atoms with E-state index in [9.17, 15) is 27.2 Å². The molecular weight excluding hydrogens is 514 g/mol. The molecule has 0 aliphatic carbocycles. The lowest BCUT2D eigenvalue weighted by molar-refractivity contribution is -0.247. The summed E-state index contributed by atoms with van der Waals surface area (Å²) in [5, 5.41) is 0.539. The van der Waals surface area contributed by atoms with E-state index in [4.69, 9.17) is 10.5 Å². The summed E-state index contributed by atoms with van der Waals surface area (Å²) in [5.41, 5.74) is 7.57. The van der Waals surface area contributed by atoms with Crippen molar-refractivity contribution in [3.8, 4) is 0 Å². The number of hydrogen-bond acceptors (Lipinski definition) is 6. The maximum absolute atomic E-state index is 13.1. The fourth-order valence-corrected chi connectivity index (χ4v) is 3.47. The van der Waals surface area contributed by atoms with E-state index in [0.29, 0.717) is 16.2 Å². The average Bonchev–Trinajstić information content (AvgIpc) is 2.77. The van der Waals surface area contributed by atoms with Gasteiger partial charge in [-0.1, -0.05) is 36.4 Å². The first-order chi connectivity index (χ1) is 15.6. The second-order valence-corrected chi connectivity index (χ2v) is 7.75. The minimum Gasteiger partial charge on any atom is -0.471 e. The zero-order valence-corrected chi connectivity index (χ0v) is 18.5. The normalized spacial score (nSPS) is 14.5. The Morgan fingerprint density at radius 3 is 2.39 bits per heavy atom. The van der Waals surface area contributed by atoms with Gasteiger partial charge in [-0.25, -0.2) is 9.18 Å². The Morgan fingerprint density at radius 2 is 1.76 bits per heavy atom. The molecule has 0 radical (unpaired) electrons. The van der Waals surface area contributed by atoms with Crippen molar-refractivity contribution >= 4 is 27.8 Å². The number of benzene rings is 2. The van der Waals surface area contributed by atoms with Gasteiger partial charge in [0.05, 0.1) is 0 Å². The zero-order valence-electron chi connectivity index (χ0n) is 16.9. The minimum atomic E-state index is -5.27. The number of rotatable bonds is 7. The van der Waals surface area contributed by atoms with Crippen LogP contribution in [0.5, 0.6) is 0 Å². The second-order valence-electron chi connectivity index (χ2n) is 6.96. The number of carbonyl (C=O) groups is 2. The highest BCUT2D eigenvalue weighted by Crippen LogP contribution is 2.29. The third-order valence-electron chi connectivity index (χ3n) is 4.50. The SMILES string of the molecule is NCc1cccc(CN2CN(OC(=O)C(F)(F)F)C(OCc3ccc(F)cc3)=C(Br)C2=O)c1. The minimum absolute atomic E-state index is 0.00703. The van der Waals surface area contributed by atoms with Crippen LogP contribution in [0.2, 0.25) is 0 Å². The van der Waals surface area contributed by atoms with Crippen molar-refractivity contribution in [3.05, 3.63) is 81.4 Å². The smallest absolute Gasteiger partial charge is 0.471 e. The van der Waals surface area contributed by atoms with Crippen molar-refractivity contribution < 1.29 is 36.7 Å². The standard InChI is InChI=1S/C21H18BrF4N3O4/c22-17-18(30)28(10-15-3-1-2-14(8-15)9-27)12-29(33-20(31)21(24,25)26)19(17)32-11-13-4-6-16(23)7-5-13/h1-8H,9-12,27H2. The lowest BCUT2D eigenvalue weighted by Crippen LogP contribution is -2.48. The first-order valence-electron chi connectivity index (χ1n) is 9.49. The molecule has 0 bridgehead atoms. The Bertz CT molecular complexity index is 1060. The van der Waals surface area contributed by atoms with Crippen LogP contribution in [-0.4, -0.2) is 34.7 Å². The summed E-state index contributed by atoms with van der Waals surface area (Å²) in [4.78, 5) is 30.0. The third kappa shape index (κ3) is 6.23. The van der Waals surface area contributed by atoms with Crippen molar-refractivity contribution in [2.45, 2.75) is 25.9 Å². The molecule has 12 heteroatoms. The van der Waals surface area contributed by atoms with Crippen molar-refractivity contribution in [2.24, 2.45) is 5.73 Å². The van der Waals surface area contributed by atoms with Gasteiger partial charge in [0.15, 0.2) is 0 Å². The summed E-state index contributed by atoms with van der Waals surface area (Å²) in [6.45, 7) is -0.479. The zero-order chi connectivity index (χ0) is 24.2. The summed E-state index contributed by atoms with van der Waals surface area (Å²) in [6, 6.07) is 12.1. The molecule has 33 heavy (non-hydrogen) atoms. The van der Waals surface area contributed by atoms with E-state index >= 15 is 0 Å². The van der Waals surface area contributed by atoms with Crippen molar-refractivity contribution in [2.75, 3.05) is 6.67 Å². The van der Waals surface area contributed by atoms with Gasteiger partial charge < -0.3 is 20.2 Å². The summed E-state index contributed by atoms with van der Waals surface area (Å²) in [7, 11) is 0. The molecule has 0 saturated heterocycles. The molecule has 1 heterocycles. The van der Waals surface area contributed by atoms with Gasteiger partial charge in [0.25, 0.3) is 5.91 Å². The second kappa shape index (κ2) is 10.2. The van der Waals surface area contributed by atoms with Gasteiger partial charge in [0.2, 0.25) is 5.88 Å². The monoisotopic (exact) mass is 531 g/mol. The molecule has 1 aliphatic heterocycles. The van der Waals surface area contributed by atoms with Crippen molar-refractivity contribution in [1.82, 2.24) is 9.96 Å². The van der Waals surface area contributed by atoms with E-state index in [2.05, 4.69) is 20.8 Å². The molecular formula is C21H18BrF4N3O4. The van der Waals surface area contributed by atoms with Crippen LogP contribution in [0.4, 0.5) is 17.6 Å². The quantitative estimate of drug-likeness (QED) is 0.548. The Balaban J connectivity index is 1.85. The number of carbonyl (C=O) groups excluding carboxylic acids is 2. The molecule has 2 aromatic carbocycles. The summed E-state index contributed by atoms with van der Waals surface area (Å²) < 4.78 is 56.8. The number of halogens is 5. The maximum Gasteiger partial charge on any atom is 0.493 e. The van der Waals surface area contributed by atoms with Gasteiger partial charge in [0, 0.05) is 13.1 Å². The largest absolute Gasteiger partial charge is 0.493 e. The number of ether oxygens (including phenoxy) is 1. The Labute approximate surface area is 194 Å². The molecule has 2 aromatic rings. The molecule has 1 aliphatic rings. The van der Waals surface area contributed by atoms with Gasteiger partial charge in [0.1, 0.15) is 23.6 Å². The number of nitrogens with zero attached hydrogens (tertiary/aromatic N) is 2. The maximum atomic E-state index is 13.1. The summed E-state index contributed by atoms with van der Waals surface area (Å²) in [5.74, 6) is -3.98. The Kier molecular flexibility index (Phi) is 7.59. The van der Waals surface area contributed by atoms with Crippen LogP contribution < -0.4 is 5.73 Å². The molecule has 3 rings (SSSR count). The number of nitrogens with two attached hydrogens (primary N) is 1. The summed E-state index contributed by atoms with van der Waals surface area (Å²) in [6.07, 6.45) is -5.27. The van der Waals surface area contributed by atoms with Crippen LogP contribution in [0.1, 0.15) is 16.7 Å². The van der Waals surface area contributed by atoms with E-state index in [1.807, 2.05) is 0 Å². The summed E-state index contributed by atoms with van der Waals surface area (Å²) >= 11 is 3.04. The first-order valence-corrected chi connectivity index (χ1v) is 10.3. The van der Waals surface area contributed by atoms with E-state index in [1.165, 1.54) is 24.3 Å². The van der Waals surface area contributed by atoms with Gasteiger partial charge in [-0.2, -0.15) is 18.2 Å². The van der Waals surface area contributed by atoms with Gasteiger partial charge in [-0.3, -0.25) is 4.79 Å². The van der Waals surface area contributed by atoms with E-state index in [1.54, 1.807) is 24.3 Å². The highest BCUT2D eigenvalue weighted by Gasteiger charge is 2.45. The van der Waals surface area contributed by atoms with Crippen LogP contribution in [0.25, 0.3) is 0 Å². The third-order valence-corrected chi connectivity index (χ3v) is 5.18. The van der Waals surface area contributed by atoms with Crippen LogP contribution in [0.3, 0.4) is 0 Å². The molecule has 0 unspecified atom stereocenters. The molecule has 0 atom stereocenters. The Hall–Kier alpha value is -3.12. The molecule has 0 saturated carbocycles. The highest BCUT2D eigenvalue weighted by molar-refractivity contribution is 9.12. The molecule has 7 nitrogen and oxygen atoms in total. The Morgan fingerprint density at radius 1 is 1.09 bits per heavy atom. The first kappa shape index (κ1) is 24.5. The predicted octanol–water partition coefficient (Wildman–Crippen LogP) is 3.69. The molecule has 2 N–H and O–H groups in total. The van der Waals surface area contributed by atoms with Crippen molar-refractivity contribution in [3.63, 3.8) is 0 Å². The lowest BCUT2D eigenvalue weighted by Gasteiger charge is -2.36. The number of hydrogen-bond donors (Lipinski definition) is 1. The molecule has 1 amide bonds. The van der Waals surface area contributed by atoms with Crippen LogP contribution >= 0.6 is 15.9 Å². The van der Waals surface area contributed by atoms with E-state index < -0.39 is 36.4 Å². The van der Waals surface area contributed by atoms with Crippen LogP contribution in [-0.2, 0) is 38.9 Å². The topological polar surface area (TPSA) is 85.1 Å².